The van der Waals surface area contributed by atoms with Gasteiger partial charge >= 0.3 is 0 Å². The molecule has 1 aromatic carbocycles. The number of aryl methyl sites for hydroxylation is 1. The van der Waals surface area contributed by atoms with Gasteiger partial charge < -0.3 is 9.47 Å². The number of hydrogen-bond donors (Lipinski definition) is 1. The van der Waals surface area contributed by atoms with Crippen molar-refractivity contribution in [1.82, 2.24) is 10.2 Å². The van der Waals surface area contributed by atoms with E-state index in [9.17, 15) is 10.1 Å². The number of benzene rings is 1. The highest BCUT2D eigenvalue weighted by Gasteiger charge is 2.13. The van der Waals surface area contributed by atoms with E-state index >= 15 is 0 Å². The SMILES string of the molecule is CCc1nnc(NC(=O)/C(C#N)=C\c2ccc(OC)c(OC)c2)s1. The number of ether oxygens (including phenoxy) is 2. The molecule has 124 valence electrons. The minimum Gasteiger partial charge on any atom is -0.493 e. The molecular formula is C16H16N4O3S. The molecule has 0 aliphatic carbocycles. The summed E-state index contributed by atoms with van der Waals surface area (Å²) in [6.07, 6.45) is 2.21. The minimum absolute atomic E-state index is 0.0459. The Morgan fingerprint density at radius 1 is 1.33 bits per heavy atom. The molecule has 0 aliphatic heterocycles. The van der Waals surface area contributed by atoms with Gasteiger partial charge in [-0.05, 0) is 30.2 Å². The van der Waals surface area contributed by atoms with Crippen LogP contribution in [-0.4, -0.2) is 30.3 Å². The first kappa shape index (κ1) is 17.4. The minimum atomic E-state index is -0.536. The Bertz CT molecular complexity index is 808. The lowest BCUT2D eigenvalue weighted by Crippen LogP contribution is -2.13. The zero-order valence-corrected chi connectivity index (χ0v) is 14.3. The number of nitrogens with zero attached hydrogens (tertiary/aromatic N) is 3. The van der Waals surface area contributed by atoms with Crippen molar-refractivity contribution in [1.29, 1.82) is 5.26 Å². The second-order valence-electron chi connectivity index (χ2n) is 4.59. The van der Waals surface area contributed by atoms with Crippen molar-refractivity contribution in [2.75, 3.05) is 19.5 Å². The quantitative estimate of drug-likeness (QED) is 0.639. The largest absolute Gasteiger partial charge is 0.493 e. The standard InChI is InChI=1S/C16H16N4O3S/c1-4-14-19-20-16(24-14)18-15(21)11(9-17)7-10-5-6-12(22-2)13(8-10)23-3/h5-8H,4H2,1-3H3,(H,18,20,21)/b11-7-. The van der Waals surface area contributed by atoms with E-state index in [0.29, 0.717) is 22.2 Å². The lowest BCUT2D eigenvalue weighted by Gasteiger charge is -2.08. The molecule has 24 heavy (non-hydrogen) atoms. The normalized spacial score (nSPS) is 10.8. The highest BCUT2D eigenvalue weighted by Crippen LogP contribution is 2.28. The van der Waals surface area contributed by atoms with Crippen LogP contribution in [0.5, 0.6) is 11.5 Å². The number of nitriles is 1. The molecule has 1 amide bonds. The Morgan fingerprint density at radius 2 is 2.08 bits per heavy atom. The summed E-state index contributed by atoms with van der Waals surface area (Å²) in [5, 5.41) is 20.8. The number of methoxy groups -OCH3 is 2. The van der Waals surface area contributed by atoms with Crippen molar-refractivity contribution in [3.8, 4) is 17.6 Å². The molecule has 7 nitrogen and oxygen atoms in total. The molecule has 1 N–H and O–H groups in total. The highest BCUT2D eigenvalue weighted by atomic mass is 32.1. The third-order valence-corrected chi connectivity index (χ3v) is 4.06. The fraction of sp³-hybridized carbons (Fsp3) is 0.250. The second-order valence-corrected chi connectivity index (χ2v) is 5.65. The van der Waals surface area contributed by atoms with Crippen LogP contribution >= 0.6 is 11.3 Å². The Labute approximate surface area is 143 Å². The Kier molecular flexibility index (Phi) is 5.87. The smallest absolute Gasteiger partial charge is 0.268 e. The van der Waals surface area contributed by atoms with Crippen LogP contribution in [0, 0.1) is 11.3 Å². The average Bonchev–Trinajstić information content (AvgIpc) is 3.06. The van der Waals surface area contributed by atoms with E-state index < -0.39 is 5.91 Å². The molecule has 1 aromatic heterocycles. The summed E-state index contributed by atoms with van der Waals surface area (Å²) < 4.78 is 10.4. The van der Waals surface area contributed by atoms with Gasteiger partial charge in [-0.25, -0.2) is 0 Å². The van der Waals surface area contributed by atoms with Crippen LogP contribution in [0.1, 0.15) is 17.5 Å². The van der Waals surface area contributed by atoms with E-state index in [1.54, 1.807) is 18.2 Å². The number of anilines is 1. The van der Waals surface area contributed by atoms with Crippen molar-refractivity contribution >= 4 is 28.5 Å². The lowest BCUT2D eigenvalue weighted by atomic mass is 10.1. The third-order valence-electron chi connectivity index (χ3n) is 3.07. The van der Waals surface area contributed by atoms with E-state index in [4.69, 9.17) is 9.47 Å². The van der Waals surface area contributed by atoms with E-state index in [1.165, 1.54) is 31.6 Å². The first-order valence-corrected chi connectivity index (χ1v) is 7.90. The van der Waals surface area contributed by atoms with Crippen LogP contribution in [0.25, 0.3) is 6.08 Å². The average molecular weight is 344 g/mol. The van der Waals surface area contributed by atoms with Crippen LogP contribution in [0.15, 0.2) is 23.8 Å². The van der Waals surface area contributed by atoms with Crippen molar-refractivity contribution in [3.05, 3.63) is 34.3 Å². The van der Waals surface area contributed by atoms with E-state index in [1.807, 2.05) is 13.0 Å². The first-order valence-electron chi connectivity index (χ1n) is 7.08. The van der Waals surface area contributed by atoms with Gasteiger partial charge in [-0.1, -0.05) is 24.3 Å². The van der Waals surface area contributed by atoms with Gasteiger partial charge in [0.15, 0.2) is 11.5 Å². The zero-order valence-electron chi connectivity index (χ0n) is 13.5. The molecule has 0 radical (unpaired) electrons. The maximum atomic E-state index is 12.2. The molecule has 2 rings (SSSR count). The molecule has 0 bridgehead atoms. The van der Waals surface area contributed by atoms with Gasteiger partial charge in [0.05, 0.1) is 14.2 Å². The molecule has 8 heteroatoms. The highest BCUT2D eigenvalue weighted by molar-refractivity contribution is 7.15. The van der Waals surface area contributed by atoms with Gasteiger partial charge in [0.25, 0.3) is 5.91 Å². The summed E-state index contributed by atoms with van der Waals surface area (Å²) in [4.78, 5) is 12.2. The van der Waals surface area contributed by atoms with Gasteiger partial charge in [0.2, 0.25) is 5.13 Å². The van der Waals surface area contributed by atoms with Gasteiger partial charge in [-0.3, -0.25) is 10.1 Å². The van der Waals surface area contributed by atoms with Gasteiger partial charge in [0, 0.05) is 0 Å². The van der Waals surface area contributed by atoms with E-state index in [2.05, 4.69) is 15.5 Å². The summed E-state index contributed by atoms with van der Waals surface area (Å²) in [6.45, 7) is 1.95. The third kappa shape index (κ3) is 4.08. The zero-order chi connectivity index (χ0) is 17.5. The predicted molar refractivity (Wildman–Crippen MR) is 91.1 cm³/mol. The van der Waals surface area contributed by atoms with Crippen LogP contribution < -0.4 is 14.8 Å². The van der Waals surface area contributed by atoms with Crippen LogP contribution in [-0.2, 0) is 11.2 Å². The first-order chi connectivity index (χ1) is 11.6. The van der Waals surface area contributed by atoms with Crippen molar-refractivity contribution < 1.29 is 14.3 Å². The Morgan fingerprint density at radius 3 is 2.67 bits per heavy atom. The summed E-state index contributed by atoms with van der Waals surface area (Å²) >= 11 is 1.28. The Balaban J connectivity index is 2.22. The Hall–Kier alpha value is -2.92. The van der Waals surface area contributed by atoms with Crippen molar-refractivity contribution in [3.63, 3.8) is 0 Å². The predicted octanol–water partition coefficient (Wildman–Crippen LogP) is 2.66. The number of amides is 1. The van der Waals surface area contributed by atoms with Crippen LogP contribution in [0.4, 0.5) is 5.13 Å². The van der Waals surface area contributed by atoms with Gasteiger partial charge in [0.1, 0.15) is 16.6 Å². The molecule has 0 saturated heterocycles. The molecule has 0 fully saturated rings. The topological polar surface area (TPSA) is 97.1 Å². The molecule has 0 aliphatic rings. The summed E-state index contributed by atoms with van der Waals surface area (Å²) in [6, 6.07) is 7.01. The second kappa shape index (κ2) is 8.08. The molecule has 1 heterocycles. The number of rotatable bonds is 6. The number of hydrogen-bond acceptors (Lipinski definition) is 7. The van der Waals surface area contributed by atoms with Crippen molar-refractivity contribution in [2.24, 2.45) is 0 Å². The van der Waals surface area contributed by atoms with Crippen LogP contribution in [0.2, 0.25) is 0 Å². The molecule has 0 spiro atoms. The lowest BCUT2D eigenvalue weighted by molar-refractivity contribution is -0.112. The molecular weight excluding hydrogens is 328 g/mol. The van der Waals surface area contributed by atoms with E-state index in [0.717, 1.165) is 11.4 Å². The van der Waals surface area contributed by atoms with E-state index in [-0.39, 0.29) is 5.57 Å². The molecule has 0 atom stereocenters. The number of nitrogens with one attached hydrogen (secondary N) is 1. The van der Waals surface area contributed by atoms with Crippen LogP contribution in [0.3, 0.4) is 0 Å². The molecule has 0 unspecified atom stereocenters. The fourth-order valence-electron chi connectivity index (χ4n) is 1.87. The number of carbonyl (C=O) groups is 1. The maximum Gasteiger partial charge on any atom is 0.268 e. The monoisotopic (exact) mass is 344 g/mol. The summed E-state index contributed by atoms with van der Waals surface area (Å²) in [5.41, 5.74) is 0.598. The van der Waals surface area contributed by atoms with Gasteiger partial charge in [-0.2, -0.15) is 5.26 Å². The number of carbonyl (C=O) groups excluding carboxylic acids is 1. The molecule has 2 aromatic rings. The van der Waals surface area contributed by atoms with Gasteiger partial charge in [-0.15, -0.1) is 10.2 Å². The number of aromatic nitrogens is 2. The van der Waals surface area contributed by atoms with Crippen molar-refractivity contribution in [2.45, 2.75) is 13.3 Å². The fourth-order valence-corrected chi connectivity index (χ4v) is 2.54. The summed E-state index contributed by atoms with van der Waals surface area (Å²) in [7, 11) is 3.05. The maximum absolute atomic E-state index is 12.2. The summed E-state index contributed by atoms with van der Waals surface area (Å²) in [5.74, 6) is 0.547. The molecule has 0 saturated carbocycles.